The van der Waals surface area contributed by atoms with E-state index in [4.69, 9.17) is 4.74 Å². The van der Waals surface area contributed by atoms with Crippen molar-refractivity contribution in [1.29, 1.82) is 0 Å². The molecule has 0 amide bonds. The maximum absolute atomic E-state index is 12.2. The Morgan fingerprint density at radius 2 is 2.00 bits per heavy atom. The second-order valence-corrected chi connectivity index (χ2v) is 6.87. The number of Topliss-reactive ketones (excluding diaryl/α,β-unsaturated/α-hetero) is 1. The SMILES string of the molecule is CCOC(C)(C)CNS(=O)(=O)c1cccc(C(C)=O)c1. The van der Waals surface area contributed by atoms with Gasteiger partial charge < -0.3 is 4.74 Å². The predicted octanol–water partition coefficient (Wildman–Crippen LogP) is 1.98. The first-order valence-electron chi connectivity index (χ1n) is 6.42. The Morgan fingerprint density at radius 3 is 2.55 bits per heavy atom. The molecule has 20 heavy (non-hydrogen) atoms. The molecule has 1 N–H and O–H groups in total. The summed E-state index contributed by atoms with van der Waals surface area (Å²) in [6.45, 7) is 7.54. The number of hydrogen-bond donors (Lipinski definition) is 1. The van der Waals surface area contributed by atoms with Gasteiger partial charge in [0.2, 0.25) is 10.0 Å². The number of rotatable bonds is 7. The van der Waals surface area contributed by atoms with Crippen molar-refractivity contribution in [1.82, 2.24) is 4.72 Å². The summed E-state index contributed by atoms with van der Waals surface area (Å²) in [6.07, 6.45) is 0. The molecule has 0 aliphatic carbocycles. The Bertz CT molecular complexity index is 579. The lowest BCUT2D eigenvalue weighted by atomic mass is 10.1. The molecule has 5 nitrogen and oxygen atoms in total. The smallest absolute Gasteiger partial charge is 0.240 e. The van der Waals surface area contributed by atoms with Crippen LogP contribution in [0.25, 0.3) is 0 Å². The molecule has 0 saturated carbocycles. The van der Waals surface area contributed by atoms with Crippen LogP contribution in [0.3, 0.4) is 0 Å². The van der Waals surface area contributed by atoms with Crippen LogP contribution in [0.1, 0.15) is 38.1 Å². The Morgan fingerprint density at radius 1 is 1.35 bits per heavy atom. The zero-order valence-electron chi connectivity index (χ0n) is 12.3. The summed E-state index contributed by atoms with van der Waals surface area (Å²) in [5.74, 6) is -0.170. The average molecular weight is 299 g/mol. The van der Waals surface area contributed by atoms with E-state index < -0.39 is 15.6 Å². The lowest BCUT2D eigenvalue weighted by Gasteiger charge is -2.24. The maximum Gasteiger partial charge on any atom is 0.240 e. The van der Waals surface area contributed by atoms with Gasteiger partial charge in [0.1, 0.15) is 0 Å². The first-order chi connectivity index (χ1) is 9.18. The number of ketones is 1. The summed E-state index contributed by atoms with van der Waals surface area (Å²) in [5, 5.41) is 0. The highest BCUT2D eigenvalue weighted by molar-refractivity contribution is 7.89. The van der Waals surface area contributed by atoms with Crippen LogP contribution in [0.15, 0.2) is 29.2 Å². The van der Waals surface area contributed by atoms with Crippen molar-refractivity contribution in [3.63, 3.8) is 0 Å². The summed E-state index contributed by atoms with van der Waals surface area (Å²) >= 11 is 0. The molecule has 1 aromatic rings. The second-order valence-electron chi connectivity index (χ2n) is 5.10. The number of nitrogens with one attached hydrogen (secondary N) is 1. The van der Waals surface area contributed by atoms with Gasteiger partial charge in [-0.3, -0.25) is 4.79 Å². The fraction of sp³-hybridized carbons (Fsp3) is 0.500. The third kappa shape index (κ3) is 4.70. The van der Waals surface area contributed by atoms with Crippen LogP contribution in [0, 0.1) is 0 Å². The maximum atomic E-state index is 12.2. The van der Waals surface area contributed by atoms with Crippen molar-refractivity contribution in [3.8, 4) is 0 Å². The van der Waals surface area contributed by atoms with Crippen molar-refractivity contribution >= 4 is 15.8 Å². The highest BCUT2D eigenvalue weighted by atomic mass is 32.2. The van der Waals surface area contributed by atoms with Gasteiger partial charge in [0.25, 0.3) is 0 Å². The summed E-state index contributed by atoms with van der Waals surface area (Å²) in [5.41, 5.74) is -0.211. The van der Waals surface area contributed by atoms with E-state index >= 15 is 0 Å². The van der Waals surface area contributed by atoms with Crippen molar-refractivity contribution in [2.45, 2.75) is 38.2 Å². The van der Waals surface area contributed by atoms with E-state index in [0.717, 1.165) is 0 Å². The molecule has 0 aliphatic rings. The molecular weight excluding hydrogens is 278 g/mol. The molecule has 1 rings (SSSR count). The van der Waals surface area contributed by atoms with Crippen LogP contribution in [-0.2, 0) is 14.8 Å². The predicted molar refractivity (Wildman–Crippen MR) is 77.3 cm³/mol. The topological polar surface area (TPSA) is 72.5 Å². The van der Waals surface area contributed by atoms with E-state index in [2.05, 4.69) is 4.72 Å². The van der Waals surface area contributed by atoms with Gasteiger partial charge >= 0.3 is 0 Å². The Labute approximate surface area is 120 Å². The molecule has 0 radical (unpaired) electrons. The van der Waals surface area contributed by atoms with Gasteiger partial charge in [-0.2, -0.15) is 0 Å². The first-order valence-corrected chi connectivity index (χ1v) is 7.91. The largest absolute Gasteiger partial charge is 0.375 e. The summed E-state index contributed by atoms with van der Waals surface area (Å²) in [7, 11) is -3.65. The normalized spacial score (nSPS) is 12.4. The van der Waals surface area contributed by atoms with Crippen LogP contribution < -0.4 is 4.72 Å². The van der Waals surface area contributed by atoms with E-state index in [0.29, 0.717) is 12.2 Å². The van der Waals surface area contributed by atoms with E-state index in [1.807, 2.05) is 20.8 Å². The quantitative estimate of drug-likeness (QED) is 0.781. The molecule has 112 valence electrons. The monoisotopic (exact) mass is 299 g/mol. The zero-order chi connectivity index (χ0) is 15.4. The molecule has 0 spiro atoms. The van der Waals surface area contributed by atoms with Crippen molar-refractivity contribution in [3.05, 3.63) is 29.8 Å². The Hall–Kier alpha value is -1.24. The van der Waals surface area contributed by atoms with Gasteiger partial charge in [-0.25, -0.2) is 13.1 Å². The Balaban J connectivity index is 2.89. The second kappa shape index (κ2) is 6.47. The molecule has 0 bridgehead atoms. The number of carbonyl (C=O) groups excluding carboxylic acids is 1. The molecule has 6 heteroatoms. The van der Waals surface area contributed by atoms with E-state index in [1.54, 1.807) is 12.1 Å². The van der Waals surface area contributed by atoms with Gasteiger partial charge in [0.15, 0.2) is 5.78 Å². The molecule has 0 atom stereocenters. The van der Waals surface area contributed by atoms with Crippen molar-refractivity contribution < 1.29 is 17.9 Å². The van der Waals surface area contributed by atoms with Crippen LogP contribution >= 0.6 is 0 Å². The zero-order valence-corrected chi connectivity index (χ0v) is 13.1. The van der Waals surface area contributed by atoms with Gasteiger partial charge in [-0.1, -0.05) is 12.1 Å². The van der Waals surface area contributed by atoms with E-state index in [9.17, 15) is 13.2 Å². The minimum atomic E-state index is -3.65. The third-order valence-electron chi connectivity index (χ3n) is 2.77. The number of hydrogen-bond acceptors (Lipinski definition) is 4. The van der Waals surface area contributed by atoms with Gasteiger partial charge in [-0.05, 0) is 39.8 Å². The molecule has 0 saturated heterocycles. The van der Waals surface area contributed by atoms with Crippen molar-refractivity contribution in [2.24, 2.45) is 0 Å². The summed E-state index contributed by atoms with van der Waals surface area (Å²) in [6, 6.07) is 5.98. The van der Waals surface area contributed by atoms with E-state index in [1.165, 1.54) is 19.1 Å². The first kappa shape index (κ1) is 16.8. The van der Waals surface area contributed by atoms with Crippen LogP contribution in [0.4, 0.5) is 0 Å². The average Bonchev–Trinajstić information content (AvgIpc) is 2.37. The van der Waals surface area contributed by atoms with Gasteiger partial charge in [0.05, 0.1) is 10.5 Å². The molecule has 0 heterocycles. The fourth-order valence-electron chi connectivity index (χ4n) is 1.68. The minimum absolute atomic E-state index is 0.0810. The van der Waals surface area contributed by atoms with Gasteiger partial charge in [-0.15, -0.1) is 0 Å². The number of ether oxygens (including phenoxy) is 1. The minimum Gasteiger partial charge on any atom is -0.375 e. The van der Waals surface area contributed by atoms with E-state index in [-0.39, 0.29) is 17.2 Å². The number of sulfonamides is 1. The molecule has 0 aromatic heterocycles. The highest BCUT2D eigenvalue weighted by Crippen LogP contribution is 2.14. The highest BCUT2D eigenvalue weighted by Gasteiger charge is 2.22. The Kier molecular flexibility index (Phi) is 5.44. The number of carbonyl (C=O) groups is 1. The van der Waals surface area contributed by atoms with Crippen molar-refractivity contribution in [2.75, 3.05) is 13.2 Å². The van der Waals surface area contributed by atoms with Crippen LogP contribution in [0.2, 0.25) is 0 Å². The lowest BCUT2D eigenvalue weighted by molar-refractivity contribution is -0.00515. The lowest BCUT2D eigenvalue weighted by Crippen LogP contribution is -2.40. The number of benzene rings is 1. The van der Waals surface area contributed by atoms with Gasteiger partial charge in [0, 0.05) is 18.7 Å². The molecule has 1 aromatic carbocycles. The molecule has 0 aliphatic heterocycles. The molecule has 0 unspecified atom stereocenters. The molecular formula is C14H21NO4S. The van der Waals surface area contributed by atoms with Crippen LogP contribution in [0.5, 0.6) is 0 Å². The fourth-order valence-corrected chi connectivity index (χ4v) is 2.92. The molecule has 0 fully saturated rings. The third-order valence-corrected chi connectivity index (χ3v) is 4.17. The standard InChI is InChI=1S/C14H21NO4S/c1-5-19-14(3,4)10-15-20(17,18)13-8-6-7-12(9-13)11(2)16/h6-9,15H,5,10H2,1-4H3. The summed E-state index contributed by atoms with van der Waals surface area (Å²) in [4.78, 5) is 11.4. The summed E-state index contributed by atoms with van der Waals surface area (Å²) < 4.78 is 32.3. The van der Waals surface area contributed by atoms with Crippen LogP contribution in [-0.4, -0.2) is 33.0 Å².